The van der Waals surface area contributed by atoms with E-state index in [1.807, 2.05) is 6.92 Å². The van der Waals surface area contributed by atoms with Gasteiger partial charge in [-0.2, -0.15) is 0 Å². The van der Waals surface area contributed by atoms with Crippen LogP contribution in [0.4, 0.5) is 4.39 Å². The van der Waals surface area contributed by atoms with Gasteiger partial charge in [-0.3, -0.25) is 4.79 Å². The number of carbonyl (C=O) groups is 1. The molecule has 0 saturated heterocycles. The minimum Gasteiger partial charge on any atom is -0.294 e. The number of Topliss-reactive ketones (excluding diaryl/α,β-unsaturated/α-hetero) is 1. The van der Waals surface area contributed by atoms with Crippen LogP contribution in [0, 0.1) is 12.7 Å². The quantitative estimate of drug-likeness (QED) is 0.787. The third-order valence-corrected chi connectivity index (χ3v) is 3.43. The number of ketones is 1. The highest BCUT2D eigenvalue weighted by atomic mass is 19.1. The van der Waals surface area contributed by atoms with Crippen molar-refractivity contribution in [2.24, 2.45) is 0 Å². The number of hydrogen-bond donors (Lipinski definition) is 0. The number of rotatable bonds is 1. The number of halogens is 1. The Hall–Kier alpha value is -2.10. The zero-order valence-electron chi connectivity index (χ0n) is 10.6. The molecule has 3 nitrogen and oxygen atoms in total. The van der Waals surface area contributed by atoms with E-state index in [-0.39, 0.29) is 11.6 Å². The van der Waals surface area contributed by atoms with Crippen molar-refractivity contribution in [3.8, 4) is 11.4 Å². The molecule has 2 aromatic rings. The summed E-state index contributed by atoms with van der Waals surface area (Å²) in [5, 5.41) is 0. The SMILES string of the molecule is Cc1ccc(F)cc1-c1ncc2c(n1)CCCC2=O. The Labute approximate surface area is 110 Å². The van der Waals surface area contributed by atoms with Crippen LogP contribution in [0.25, 0.3) is 11.4 Å². The summed E-state index contributed by atoms with van der Waals surface area (Å²) in [5.41, 5.74) is 3.00. The average Bonchev–Trinajstić information content (AvgIpc) is 2.41. The average molecular weight is 256 g/mol. The second-order valence-corrected chi connectivity index (χ2v) is 4.79. The van der Waals surface area contributed by atoms with Crippen LogP contribution in [-0.4, -0.2) is 15.8 Å². The molecule has 1 heterocycles. The van der Waals surface area contributed by atoms with E-state index in [2.05, 4.69) is 9.97 Å². The molecule has 0 bridgehead atoms. The number of nitrogens with zero attached hydrogens (tertiary/aromatic N) is 2. The van der Waals surface area contributed by atoms with Crippen molar-refractivity contribution in [3.05, 3.63) is 47.0 Å². The number of hydrogen-bond acceptors (Lipinski definition) is 3. The van der Waals surface area contributed by atoms with Crippen LogP contribution in [0.2, 0.25) is 0 Å². The van der Waals surface area contributed by atoms with Crippen molar-refractivity contribution in [1.29, 1.82) is 0 Å². The largest absolute Gasteiger partial charge is 0.294 e. The summed E-state index contributed by atoms with van der Waals surface area (Å²) in [4.78, 5) is 20.4. The van der Waals surface area contributed by atoms with Gasteiger partial charge in [-0.1, -0.05) is 6.07 Å². The monoisotopic (exact) mass is 256 g/mol. The van der Waals surface area contributed by atoms with E-state index in [0.717, 1.165) is 24.1 Å². The van der Waals surface area contributed by atoms with E-state index < -0.39 is 0 Å². The van der Waals surface area contributed by atoms with Gasteiger partial charge in [-0.05, 0) is 37.5 Å². The van der Waals surface area contributed by atoms with E-state index in [0.29, 0.717) is 23.4 Å². The van der Waals surface area contributed by atoms with Crippen LogP contribution < -0.4 is 0 Å². The Morgan fingerprint density at radius 3 is 2.89 bits per heavy atom. The topological polar surface area (TPSA) is 42.9 Å². The van der Waals surface area contributed by atoms with Crippen LogP contribution in [0.1, 0.15) is 34.5 Å². The summed E-state index contributed by atoms with van der Waals surface area (Å²) in [7, 11) is 0. The molecule has 0 N–H and O–H groups in total. The predicted molar refractivity (Wildman–Crippen MR) is 69.4 cm³/mol. The minimum atomic E-state index is -0.307. The first-order valence-electron chi connectivity index (χ1n) is 6.31. The maximum Gasteiger partial charge on any atom is 0.166 e. The Morgan fingerprint density at radius 2 is 2.05 bits per heavy atom. The molecule has 1 aliphatic carbocycles. The third-order valence-electron chi connectivity index (χ3n) is 3.43. The van der Waals surface area contributed by atoms with Crippen molar-refractivity contribution in [3.63, 3.8) is 0 Å². The first-order valence-corrected chi connectivity index (χ1v) is 6.31. The normalized spacial score (nSPS) is 14.3. The van der Waals surface area contributed by atoms with Gasteiger partial charge in [0.15, 0.2) is 11.6 Å². The smallest absolute Gasteiger partial charge is 0.166 e. The van der Waals surface area contributed by atoms with E-state index in [1.165, 1.54) is 12.1 Å². The molecule has 3 rings (SSSR count). The zero-order valence-corrected chi connectivity index (χ0v) is 10.6. The second-order valence-electron chi connectivity index (χ2n) is 4.79. The van der Waals surface area contributed by atoms with Gasteiger partial charge in [0, 0.05) is 18.2 Å². The van der Waals surface area contributed by atoms with Gasteiger partial charge in [0.2, 0.25) is 0 Å². The molecule has 96 valence electrons. The number of carbonyl (C=O) groups excluding carboxylic acids is 1. The molecule has 0 aliphatic heterocycles. The van der Waals surface area contributed by atoms with Gasteiger partial charge in [0.05, 0.1) is 11.3 Å². The fraction of sp³-hybridized carbons (Fsp3) is 0.267. The molecule has 0 saturated carbocycles. The van der Waals surface area contributed by atoms with Crippen LogP contribution >= 0.6 is 0 Å². The summed E-state index contributed by atoms with van der Waals surface area (Å²) in [6.07, 6.45) is 3.74. The molecule has 19 heavy (non-hydrogen) atoms. The number of aromatic nitrogens is 2. The number of aryl methyl sites for hydroxylation is 2. The molecule has 0 fully saturated rings. The lowest BCUT2D eigenvalue weighted by molar-refractivity contribution is 0.0971. The highest BCUT2D eigenvalue weighted by molar-refractivity contribution is 5.97. The van der Waals surface area contributed by atoms with Crippen molar-refractivity contribution >= 4 is 5.78 Å². The van der Waals surface area contributed by atoms with Crippen molar-refractivity contribution in [2.75, 3.05) is 0 Å². The first kappa shape index (κ1) is 12.0. The van der Waals surface area contributed by atoms with Crippen LogP contribution in [-0.2, 0) is 6.42 Å². The molecule has 1 aliphatic rings. The molecule has 0 atom stereocenters. The number of benzene rings is 1. The molecule has 0 spiro atoms. The van der Waals surface area contributed by atoms with Gasteiger partial charge in [-0.15, -0.1) is 0 Å². The minimum absolute atomic E-state index is 0.101. The summed E-state index contributed by atoms with van der Waals surface area (Å²) < 4.78 is 13.3. The highest BCUT2D eigenvalue weighted by Crippen LogP contribution is 2.24. The molecule has 4 heteroatoms. The van der Waals surface area contributed by atoms with E-state index in [4.69, 9.17) is 0 Å². The van der Waals surface area contributed by atoms with Gasteiger partial charge in [-0.25, -0.2) is 14.4 Å². The maximum atomic E-state index is 13.3. The maximum absolute atomic E-state index is 13.3. The lowest BCUT2D eigenvalue weighted by Gasteiger charge is -2.14. The van der Waals surface area contributed by atoms with Crippen LogP contribution in [0.5, 0.6) is 0 Å². The van der Waals surface area contributed by atoms with Crippen LogP contribution in [0.3, 0.4) is 0 Å². The van der Waals surface area contributed by atoms with Gasteiger partial charge in [0.1, 0.15) is 5.82 Å². The van der Waals surface area contributed by atoms with Crippen molar-refractivity contribution < 1.29 is 9.18 Å². The van der Waals surface area contributed by atoms with Gasteiger partial charge < -0.3 is 0 Å². The molecule has 0 unspecified atom stereocenters. The fourth-order valence-electron chi connectivity index (χ4n) is 2.36. The Bertz CT molecular complexity index is 667. The first-order chi connectivity index (χ1) is 9.15. The lowest BCUT2D eigenvalue weighted by atomic mass is 9.96. The molecular formula is C15H13FN2O. The second kappa shape index (κ2) is 4.53. The van der Waals surface area contributed by atoms with Crippen molar-refractivity contribution in [1.82, 2.24) is 9.97 Å². The van der Waals surface area contributed by atoms with Gasteiger partial charge in [0.25, 0.3) is 0 Å². The van der Waals surface area contributed by atoms with Crippen LogP contribution in [0.15, 0.2) is 24.4 Å². The van der Waals surface area contributed by atoms with E-state index in [9.17, 15) is 9.18 Å². The fourth-order valence-corrected chi connectivity index (χ4v) is 2.36. The highest BCUT2D eigenvalue weighted by Gasteiger charge is 2.20. The summed E-state index contributed by atoms with van der Waals surface area (Å²) in [6, 6.07) is 4.56. The Kier molecular flexibility index (Phi) is 2.85. The Balaban J connectivity index is 2.11. The summed E-state index contributed by atoms with van der Waals surface area (Å²) in [6.45, 7) is 1.89. The molecule has 1 aromatic carbocycles. The molecule has 1 aromatic heterocycles. The summed E-state index contributed by atoms with van der Waals surface area (Å²) >= 11 is 0. The lowest BCUT2D eigenvalue weighted by Crippen LogP contribution is -2.14. The summed E-state index contributed by atoms with van der Waals surface area (Å²) in [5.74, 6) is 0.284. The third kappa shape index (κ3) is 2.14. The molecule has 0 amide bonds. The number of fused-ring (bicyclic) bond motifs is 1. The van der Waals surface area contributed by atoms with E-state index >= 15 is 0 Å². The molecular weight excluding hydrogens is 243 g/mol. The van der Waals surface area contributed by atoms with E-state index in [1.54, 1.807) is 12.3 Å². The van der Waals surface area contributed by atoms with Crippen molar-refractivity contribution in [2.45, 2.75) is 26.2 Å². The van der Waals surface area contributed by atoms with Gasteiger partial charge >= 0.3 is 0 Å². The molecule has 0 radical (unpaired) electrons. The Morgan fingerprint density at radius 1 is 1.21 bits per heavy atom. The zero-order chi connectivity index (χ0) is 13.4. The predicted octanol–water partition coefficient (Wildman–Crippen LogP) is 3.11. The standard InChI is InChI=1S/C15H13FN2O/c1-9-5-6-10(16)7-11(9)15-17-8-12-13(18-15)3-2-4-14(12)19/h5-8H,2-4H2,1H3.